The van der Waals surface area contributed by atoms with Gasteiger partial charge >= 0.3 is 0 Å². The predicted octanol–water partition coefficient (Wildman–Crippen LogP) is 3.54. The molecule has 1 atom stereocenters. The Bertz CT molecular complexity index is 719. The number of benzene rings is 2. The van der Waals surface area contributed by atoms with Crippen LogP contribution in [0.25, 0.3) is 11.1 Å². The summed E-state index contributed by atoms with van der Waals surface area (Å²) in [7, 11) is 0. The second-order valence-corrected chi connectivity index (χ2v) is 6.03. The van der Waals surface area contributed by atoms with E-state index >= 15 is 0 Å². The number of hydrogen-bond acceptors (Lipinski definition) is 3. The second kappa shape index (κ2) is 4.62. The van der Waals surface area contributed by atoms with Gasteiger partial charge in [-0.2, -0.15) is 0 Å². The number of nitrogen functional groups attached to an aromatic ring is 1. The second-order valence-electron chi connectivity index (χ2n) is 6.03. The van der Waals surface area contributed by atoms with Gasteiger partial charge in [0.2, 0.25) is 0 Å². The number of rotatable bonds is 3. The monoisotopic (exact) mass is 278 g/mol. The Labute approximate surface area is 124 Å². The van der Waals surface area contributed by atoms with E-state index in [1.54, 1.807) is 0 Å². The van der Waals surface area contributed by atoms with Crippen LogP contribution in [-0.4, -0.2) is 12.3 Å². The maximum absolute atomic E-state index is 11.6. The molecule has 1 saturated carbocycles. The minimum absolute atomic E-state index is 0.193. The summed E-state index contributed by atoms with van der Waals surface area (Å²) in [5, 5.41) is 3.55. The van der Waals surface area contributed by atoms with Crippen molar-refractivity contribution < 1.29 is 4.79 Å². The molecule has 3 nitrogen and oxygen atoms in total. The van der Waals surface area contributed by atoms with E-state index < -0.39 is 0 Å². The highest BCUT2D eigenvalue weighted by molar-refractivity contribution is 5.89. The van der Waals surface area contributed by atoms with Crippen LogP contribution in [0.3, 0.4) is 0 Å². The molecule has 0 amide bonds. The number of carbonyl (C=O) groups excluding carboxylic acids is 1. The average molecular weight is 278 g/mol. The highest BCUT2D eigenvalue weighted by atomic mass is 16.1. The van der Waals surface area contributed by atoms with Crippen molar-refractivity contribution in [1.29, 1.82) is 0 Å². The molecule has 2 aliphatic carbocycles. The quantitative estimate of drug-likeness (QED) is 0.667. The summed E-state index contributed by atoms with van der Waals surface area (Å²) in [6.45, 7) is 0. The fraction of sp³-hybridized carbons (Fsp3) is 0.278. The van der Waals surface area contributed by atoms with Gasteiger partial charge in [-0.15, -0.1) is 0 Å². The van der Waals surface area contributed by atoms with Gasteiger partial charge in [-0.05, 0) is 65.8 Å². The highest BCUT2D eigenvalue weighted by Crippen LogP contribution is 2.45. The van der Waals surface area contributed by atoms with Crippen molar-refractivity contribution in [3.05, 3.63) is 47.5 Å². The first-order chi connectivity index (χ1) is 10.3. The summed E-state index contributed by atoms with van der Waals surface area (Å²) >= 11 is 0. The van der Waals surface area contributed by atoms with Crippen molar-refractivity contribution in [3.63, 3.8) is 0 Å². The first-order valence-corrected chi connectivity index (χ1v) is 7.52. The molecule has 3 N–H and O–H groups in total. The number of nitrogens with one attached hydrogen (secondary N) is 1. The normalized spacial score (nSPS) is 19.5. The lowest BCUT2D eigenvalue weighted by Gasteiger charge is -2.27. The summed E-state index contributed by atoms with van der Waals surface area (Å²) in [5.74, 6) is -0.193. The molecule has 0 saturated heterocycles. The molecule has 0 bridgehead atoms. The van der Waals surface area contributed by atoms with Crippen molar-refractivity contribution in [2.45, 2.75) is 31.2 Å². The Morgan fingerprint density at radius 1 is 1.05 bits per heavy atom. The Morgan fingerprint density at radius 3 is 2.43 bits per heavy atom. The van der Waals surface area contributed by atoms with Gasteiger partial charge in [0.1, 0.15) is 6.29 Å². The van der Waals surface area contributed by atoms with Gasteiger partial charge in [0, 0.05) is 17.4 Å². The van der Waals surface area contributed by atoms with E-state index in [4.69, 9.17) is 5.73 Å². The van der Waals surface area contributed by atoms with E-state index in [9.17, 15) is 4.79 Å². The van der Waals surface area contributed by atoms with Crippen molar-refractivity contribution in [3.8, 4) is 11.1 Å². The molecule has 0 spiro atoms. The Kier molecular flexibility index (Phi) is 2.74. The number of aldehydes is 1. The molecular weight excluding hydrogens is 260 g/mol. The standard InChI is InChI=1S/C18H18N2O/c19-11-4-6-14-15-7-5-13(20-12-2-1-3-12)9-17(15)18(10-21)16(14)8-11/h4-10,12,18,20H,1-3,19H2. The zero-order valence-corrected chi connectivity index (χ0v) is 11.8. The van der Waals surface area contributed by atoms with Gasteiger partial charge in [-0.25, -0.2) is 0 Å². The summed E-state index contributed by atoms with van der Waals surface area (Å²) in [6, 6.07) is 12.8. The summed E-state index contributed by atoms with van der Waals surface area (Å²) in [6.07, 6.45) is 4.82. The van der Waals surface area contributed by atoms with E-state index in [0.717, 1.165) is 34.2 Å². The number of carbonyl (C=O) groups is 1. The predicted molar refractivity (Wildman–Crippen MR) is 85.5 cm³/mol. The van der Waals surface area contributed by atoms with Crippen LogP contribution in [-0.2, 0) is 4.79 Å². The van der Waals surface area contributed by atoms with Gasteiger partial charge in [-0.1, -0.05) is 12.1 Å². The lowest BCUT2D eigenvalue weighted by atomic mass is 9.92. The SMILES string of the molecule is Nc1ccc2c(c1)C(C=O)c1cc(NC3CCC3)ccc1-2. The maximum atomic E-state index is 11.6. The third-order valence-corrected chi connectivity index (χ3v) is 4.70. The lowest BCUT2D eigenvalue weighted by Crippen LogP contribution is -2.26. The van der Waals surface area contributed by atoms with Gasteiger partial charge < -0.3 is 15.8 Å². The number of anilines is 2. The molecule has 0 aliphatic heterocycles. The number of hydrogen-bond donors (Lipinski definition) is 2. The summed E-state index contributed by atoms with van der Waals surface area (Å²) in [4.78, 5) is 11.6. The number of fused-ring (bicyclic) bond motifs is 3. The topological polar surface area (TPSA) is 55.1 Å². The number of nitrogens with two attached hydrogens (primary N) is 1. The van der Waals surface area contributed by atoms with E-state index in [2.05, 4.69) is 23.5 Å². The lowest BCUT2D eigenvalue weighted by molar-refractivity contribution is -0.108. The van der Waals surface area contributed by atoms with Gasteiger partial charge in [-0.3, -0.25) is 0 Å². The molecule has 2 aromatic carbocycles. The Morgan fingerprint density at radius 2 is 1.76 bits per heavy atom. The van der Waals surface area contributed by atoms with Gasteiger partial charge in [0.25, 0.3) is 0 Å². The van der Waals surface area contributed by atoms with Crippen LogP contribution in [0, 0.1) is 0 Å². The van der Waals surface area contributed by atoms with E-state index in [1.807, 2.05) is 18.2 Å². The van der Waals surface area contributed by atoms with E-state index in [-0.39, 0.29) is 5.92 Å². The first kappa shape index (κ1) is 12.5. The molecule has 0 radical (unpaired) electrons. The average Bonchev–Trinajstić information content (AvgIpc) is 2.74. The Balaban J connectivity index is 1.77. The van der Waals surface area contributed by atoms with Crippen LogP contribution < -0.4 is 11.1 Å². The van der Waals surface area contributed by atoms with E-state index in [1.165, 1.54) is 19.3 Å². The van der Waals surface area contributed by atoms with Crippen molar-refractivity contribution in [2.24, 2.45) is 0 Å². The molecule has 2 aromatic rings. The maximum Gasteiger partial charge on any atom is 0.131 e. The van der Waals surface area contributed by atoms with Crippen LogP contribution in [0.15, 0.2) is 36.4 Å². The smallest absolute Gasteiger partial charge is 0.131 e. The van der Waals surface area contributed by atoms with Crippen molar-refractivity contribution >= 4 is 17.7 Å². The molecule has 4 rings (SSSR count). The zero-order chi connectivity index (χ0) is 14.4. The largest absolute Gasteiger partial charge is 0.399 e. The Hall–Kier alpha value is -2.29. The molecular formula is C18H18N2O. The fourth-order valence-corrected chi connectivity index (χ4v) is 3.34. The van der Waals surface area contributed by atoms with E-state index in [0.29, 0.717) is 11.7 Å². The minimum Gasteiger partial charge on any atom is -0.399 e. The van der Waals surface area contributed by atoms with Gasteiger partial charge in [0.15, 0.2) is 0 Å². The third-order valence-electron chi connectivity index (χ3n) is 4.70. The molecule has 1 unspecified atom stereocenters. The zero-order valence-electron chi connectivity index (χ0n) is 11.8. The molecule has 21 heavy (non-hydrogen) atoms. The molecule has 3 heteroatoms. The van der Waals surface area contributed by atoms with Crippen LogP contribution in [0.4, 0.5) is 11.4 Å². The molecule has 1 fully saturated rings. The third kappa shape index (κ3) is 1.92. The molecule has 0 heterocycles. The first-order valence-electron chi connectivity index (χ1n) is 7.52. The highest BCUT2D eigenvalue weighted by Gasteiger charge is 2.29. The van der Waals surface area contributed by atoms with Crippen molar-refractivity contribution in [1.82, 2.24) is 0 Å². The molecule has 106 valence electrons. The minimum atomic E-state index is -0.193. The summed E-state index contributed by atoms with van der Waals surface area (Å²) in [5.41, 5.74) is 12.1. The summed E-state index contributed by atoms with van der Waals surface area (Å²) < 4.78 is 0. The molecule has 2 aliphatic rings. The fourth-order valence-electron chi connectivity index (χ4n) is 3.34. The van der Waals surface area contributed by atoms with Crippen molar-refractivity contribution in [2.75, 3.05) is 11.1 Å². The van der Waals surface area contributed by atoms with Crippen LogP contribution in [0.5, 0.6) is 0 Å². The molecule has 0 aromatic heterocycles. The van der Waals surface area contributed by atoms with Gasteiger partial charge in [0.05, 0.1) is 5.92 Å². The van der Waals surface area contributed by atoms with Crippen LogP contribution in [0.2, 0.25) is 0 Å². The van der Waals surface area contributed by atoms with Crippen LogP contribution >= 0.6 is 0 Å². The van der Waals surface area contributed by atoms with Crippen LogP contribution in [0.1, 0.15) is 36.3 Å².